The summed E-state index contributed by atoms with van der Waals surface area (Å²) in [4.78, 5) is 15.3. The van der Waals surface area contributed by atoms with Crippen LogP contribution in [0.15, 0.2) is 60.2 Å². The fourth-order valence-electron chi connectivity index (χ4n) is 5.42. The van der Waals surface area contributed by atoms with Gasteiger partial charge in [0.25, 0.3) is 0 Å². The number of ether oxygens (including phenoxy) is 1. The number of nitrogens with zero attached hydrogens (tertiary/aromatic N) is 1. The van der Waals surface area contributed by atoms with Crippen LogP contribution in [0.3, 0.4) is 0 Å². The maximum absolute atomic E-state index is 12.5. The lowest BCUT2D eigenvalue weighted by atomic mass is 9.78. The van der Waals surface area contributed by atoms with Gasteiger partial charge in [0, 0.05) is 18.7 Å². The minimum absolute atomic E-state index is 0.0115. The Balaban J connectivity index is 1.35. The largest absolute Gasteiger partial charge is 0.497 e. The molecule has 4 heteroatoms. The third-order valence-corrected chi connectivity index (χ3v) is 7.26. The number of hydrogen-bond donors (Lipinski definition) is 1. The maximum atomic E-state index is 12.5. The number of benzene rings is 2. The van der Waals surface area contributed by atoms with Gasteiger partial charge in [0.2, 0.25) is 5.91 Å². The number of rotatable bonds is 7. The molecule has 0 radical (unpaired) electrons. The van der Waals surface area contributed by atoms with E-state index < -0.39 is 0 Å². The lowest BCUT2D eigenvalue weighted by molar-refractivity contribution is -0.116. The molecular weight excluding hydrogens is 408 g/mol. The van der Waals surface area contributed by atoms with Gasteiger partial charge >= 0.3 is 0 Å². The number of hydrogen-bond acceptors (Lipinski definition) is 3. The Bertz CT molecular complexity index is 934. The molecule has 1 atom stereocenters. The predicted octanol–water partition coefficient (Wildman–Crippen LogP) is 5.96. The van der Waals surface area contributed by atoms with Gasteiger partial charge in [-0.3, -0.25) is 9.69 Å². The molecule has 4 rings (SSSR count). The molecule has 2 aliphatic rings. The summed E-state index contributed by atoms with van der Waals surface area (Å²) in [7, 11) is 1.66. The number of aryl methyl sites for hydroxylation is 1. The van der Waals surface area contributed by atoms with E-state index >= 15 is 0 Å². The van der Waals surface area contributed by atoms with Gasteiger partial charge in [-0.2, -0.15) is 0 Å². The first-order valence-electron chi connectivity index (χ1n) is 12.5. The fourth-order valence-corrected chi connectivity index (χ4v) is 5.42. The van der Waals surface area contributed by atoms with E-state index in [2.05, 4.69) is 41.4 Å². The Hall–Kier alpha value is -2.59. The summed E-state index contributed by atoms with van der Waals surface area (Å²) in [5.41, 5.74) is 5.13. The van der Waals surface area contributed by atoms with Gasteiger partial charge in [-0.25, -0.2) is 0 Å². The van der Waals surface area contributed by atoms with Gasteiger partial charge < -0.3 is 10.1 Å². The summed E-state index contributed by atoms with van der Waals surface area (Å²) >= 11 is 0. The summed E-state index contributed by atoms with van der Waals surface area (Å²) in [5, 5.41) is 3.04. The molecule has 176 valence electrons. The molecule has 1 heterocycles. The van der Waals surface area contributed by atoms with Crippen molar-refractivity contribution in [2.75, 3.05) is 20.2 Å². The van der Waals surface area contributed by atoms with Crippen molar-refractivity contribution in [1.29, 1.82) is 0 Å². The fraction of sp³-hybridized carbons (Fsp3) is 0.483. The molecule has 1 aliphatic carbocycles. The van der Waals surface area contributed by atoms with Crippen molar-refractivity contribution < 1.29 is 9.53 Å². The molecule has 4 nitrogen and oxygen atoms in total. The van der Waals surface area contributed by atoms with Crippen molar-refractivity contribution in [1.82, 2.24) is 10.2 Å². The highest BCUT2D eigenvalue weighted by Gasteiger charge is 2.31. The van der Waals surface area contributed by atoms with Crippen LogP contribution in [-0.2, 0) is 11.3 Å². The maximum Gasteiger partial charge on any atom is 0.244 e. The number of piperidine rings is 1. The van der Waals surface area contributed by atoms with Crippen LogP contribution in [0.2, 0.25) is 0 Å². The molecule has 1 aliphatic heterocycles. The van der Waals surface area contributed by atoms with Crippen molar-refractivity contribution >= 4 is 5.91 Å². The van der Waals surface area contributed by atoms with Crippen LogP contribution in [0.1, 0.15) is 67.7 Å². The normalized spacial score (nSPS) is 20.2. The highest BCUT2D eigenvalue weighted by Crippen LogP contribution is 2.41. The minimum atomic E-state index is 0.0115. The Labute approximate surface area is 199 Å². The highest BCUT2D eigenvalue weighted by atomic mass is 16.5. The quantitative estimate of drug-likeness (QED) is 0.533. The van der Waals surface area contributed by atoms with E-state index in [9.17, 15) is 4.79 Å². The highest BCUT2D eigenvalue weighted by molar-refractivity contribution is 5.88. The van der Waals surface area contributed by atoms with Crippen molar-refractivity contribution in [3.63, 3.8) is 0 Å². The zero-order valence-corrected chi connectivity index (χ0v) is 20.2. The molecule has 0 spiro atoms. The van der Waals surface area contributed by atoms with Crippen LogP contribution in [0.25, 0.3) is 0 Å². The van der Waals surface area contributed by atoms with E-state index in [1.165, 1.54) is 49.1 Å². The summed E-state index contributed by atoms with van der Waals surface area (Å²) in [6.07, 6.45) is 10.2. The molecule has 1 unspecified atom stereocenters. The molecule has 1 amide bonds. The Morgan fingerprint density at radius 1 is 1.09 bits per heavy atom. The van der Waals surface area contributed by atoms with Crippen LogP contribution in [0, 0.1) is 12.8 Å². The van der Waals surface area contributed by atoms with E-state index in [-0.39, 0.29) is 5.91 Å². The second-order valence-electron chi connectivity index (χ2n) is 9.66. The van der Waals surface area contributed by atoms with Crippen molar-refractivity contribution in [2.45, 2.75) is 64.5 Å². The number of carbonyl (C=O) groups is 1. The van der Waals surface area contributed by atoms with Crippen LogP contribution in [0.5, 0.6) is 5.75 Å². The number of allylic oxidation sites excluding steroid dienone is 1. The van der Waals surface area contributed by atoms with Gasteiger partial charge in [0.15, 0.2) is 0 Å². The van der Waals surface area contributed by atoms with E-state index in [4.69, 9.17) is 4.74 Å². The molecule has 33 heavy (non-hydrogen) atoms. The molecular formula is C29H38N2O2. The standard InChI is InChI=1S/C29H38N2O2/c1-22-9-13-25(14-10-22)29(31-17-4-3-5-18-31)26-15-11-23(12-16-26)20-28(32)30-21-24-7-6-8-27(19-24)33-2/h6-10,13-14,19-20,26,29H,3-5,11-12,15-18,21H2,1-2H3,(H,30,32). The van der Waals surface area contributed by atoms with Crippen molar-refractivity contribution in [3.05, 3.63) is 76.9 Å². The number of methoxy groups -OCH3 is 1. The first kappa shape index (κ1) is 23.6. The summed E-state index contributed by atoms with van der Waals surface area (Å²) < 4.78 is 5.27. The zero-order valence-electron chi connectivity index (χ0n) is 20.2. The average Bonchev–Trinajstić information content (AvgIpc) is 2.86. The van der Waals surface area contributed by atoms with E-state index in [0.29, 0.717) is 18.5 Å². The molecule has 0 aromatic heterocycles. The smallest absolute Gasteiger partial charge is 0.244 e. The van der Waals surface area contributed by atoms with Crippen molar-refractivity contribution in [2.24, 2.45) is 5.92 Å². The number of amides is 1. The number of carbonyl (C=O) groups excluding carboxylic acids is 1. The van der Waals surface area contributed by atoms with E-state index in [1.54, 1.807) is 7.11 Å². The third kappa shape index (κ3) is 6.48. The van der Waals surface area contributed by atoms with Crippen LogP contribution in [-0.4, -0.2) is 31.0 Å². The van der Waals surface area contributed by atoms with Gasteiger partial charge in [0.1, 0.15) is 5.75 Å². The molecule has 1 N–H and O–H groups in total. The summed E-state index contributed by atoms with van der Waals surface area (Å²) in [5.74, 6) is 1.48. The average molecular weight is 447 g/mol. The molecule has 2 aromatic carbocycles. The Kier molecular flexibility index (Phi) is 8.22. The molecule has 2 aromatic rings. The van der Waals surface area contributed by atoms with E-state index in [0.717, 1.165) is 37.0 Å². The SMILES string of the molecule is COc1cccc(CNC(=O)C=C2CCC(C(c3ccc(C)cc3)N3CCCCC3)CC2)c1. The van der Waals surface area contributed by atoms with E-state index in [1.807, 2.05) is 30.3 Å². The number of likely N-dealkylation sites (tertiary alicyclic amines) is 1. The third-order valence-electron chi connectivity index (χ3n) is 7.26. The predicted molar refractivity (Wildman–Crippen MR) is 134 cm³/mol. The Morgan fingerprint density at radius 2 is 1.82 bits per heavy atom. The van der Waals surface area contributed by atoms with Gasteiger partial charge in [0.05, 0.1) is 7.11 Å². The Morgan fingerprint density at radius 3 is 2.52 bits per heavy atom. The van der Waals surface area contributed by atoms with Crippen LogP contribution >= 0.6 is 0 Å². The van der Waals surface area contributed by atoms with Gasteiger partial charge in [-0.05, 0) is 87.7 Å². The molecule has 1 saturated carbocycles. The van der Waals surface area contributed by atoms with Crippen molar-refractivity contribution in [3.8, 4) is 5.75 Å². The summed E-state index contributed by atoms with van der Waals surface area (Å²) in [6, 6.07) is 17.5. The molecule has 2 fully saturated rings. The van der Waals surface area contributed by atoms with Crippen LogP contribution in [0.4, 0.5) is 0 Å². The lowest BCUT2D eigenvalue weighted by Crippen LogP contribution is -2.38. The summed E-state index contributed by atoms with van der Waals surface area (Å²) in [6.45, 7) is 5.11. The first-order valence-corrected chi connectivity index (χ1v) is 12.5. The second-order valence-corrected chi connectivity index (χ2v) is 9.66. The monoisotopic (exact) mass is 446 g/mol. The topological polar surface area (TPSA) is 41.6 Å². The van der Waals surface area contributed by atoms with Gasteiger partial charge in [-0.1, -0.05) is 54.0 Å². The first-order chi connectivity index (χ1) is 16.1. The minimum Gasteiger partial charge on any atom is -0.497 e. The molecule has 0 bridgehead atoms. The number of nitrogens with one attached hydrogen (secondary N) is 1. The van der Waals surface area contributed by atoms with Crippen LogP contribution < -0.4 is 10.1 Å². The second kappa shape index (κ2) is 11.5. The van der Waals surface area contributed by atoms with Gasteiger partial charge in [-0.15, -0.1) is 0 Å². The lowest BCUT2D eigenvalue weighted by Gasteiger charge is -2.41. The zero-order chi connectivity index (χ0) is 23.0. The molecule has 1 saturated heterocycles.